The van der Waals surface area contributed by atoms with Crippen LogP contribution in [-0.4, -0.2) is 35.1 Å². The van der Waals surface area contributed by atoms with Crippen LogP contribution in [-0.2, 0) is 16.0 Å². The lowest BCUT2D eigenvalue weighted by Crippen LogP contribution is -2.25. The van der Waals surface area contributed by atoms with Gasteiger partial charge in [0.05, 0.1) is 6.54 Å². The maximum Gasteiger partial charge on any atom is 0.352 e. The van der Waals surface area contributed by atoms with Crippen molar-refractivity contribution in [1.82, 2.24) is 4.57 Å². The van der Waals surface area contributed by atoms with Crippen molar-refractivity contribution < 1.29 is 19.4 Å². The minimum Gasteiger partial charge on any atom is -0.477 e. The van der Waals surface area contributed by atoms with Gasteiger partial charge >= 0.3 is 5.97 Å². The van der Waals surface area contributed by atoms with Crippen LogP contribution in [0.15, 0.2) is 16.7 Å². The molecule has 0 saturated heterocycles. The summed E-state index contributed by atoms with van der Waals surface area (Å²) >= 11 is 3.25. The summed E-state index contributed by atoms with van der Waals surface area (Å²) in [5.74, 6) is -0.970. The van der Waals surface area contributed by atoms with Gasteiger partial charge in [0, 0.05) is 23.9 Å². The first kappa shape index (κ1) is 14.2. The summed E-state index contributed by atoms with van der Waals surface area (Å²) in [6.45, 7) is 5.14. The van der Waals surface area contributed by atoms with E-state index in [0.29, 0.717) is 19.8 Å². The summed E-state index contributed by atoms with van der Waals surface area (Å²) in [6.07, 6.45) is 1.27. The molecule has 1 rings (SSSR count). The maximum absolute atomic E-state index is 11.0. The number of aromatic nitrogens is 1. The second-order valence-corrected chi connectivity index (χ2v) is 4.26. The predicted octanol–water partition coefficient (Wildman–Crippen LogP) is 2.35. The highest BCUT2D eigenvalue weighted by Gasteiger charge is 2.16. The smallest absolute Gasteiger partial charge is 0.352 e. The van der Waals surface area contributed by atoms with E-state index >= 15 is 0 Å². The lowest BCUT2D eigenvalue weighted by molar-refractivity contribution is -0.143. The Labute approximate surface area is 108 Å². The quantitative estimate of drug-likeness (QED) is 0.786. The first-order valence-electron chi connectivity index (χ1n) is 5.40. The Kier molecular flexibility index (Phi) is 5.67. The van der Waals surface area contributed by atoms with Gasteiger partial charge in [-0.15, -0.1) is 0 Å². The molecular weight excluding hydrogens is 290 g/mol. The largest absolute Gasteiger partial charge is 0.477 e. The SMILES string of the molecule is CCOC(Cn1cc(Br)cc1C(=O)O)OCC. The first-order chi connectivity index (χ1) is 8.08. The van der Waals surface area contributed by atoms with Crippen molar-refractivity contribution in [2.45, 2.75) is 26.7 Å². The van der Waals surface area contributed by atoms with Crippen LogP contribution in [0.1, 0.15) is 24.3 Å². The number of ether oxygens (including phenoxy) is 2. The number of nitrogens with zero attached hydrogens (tertiary/aromatic N) is 1. The number of hydrogen-bond donors (Lipinski definition) is 1. The van der Waals surface area contributed by atoms with Gasteiger partial charge in [-0.05, 0) is 35.8 Å². The third kappa shape index (κ3) is 4.14. The summed E-state index contributed by atoms with van der Waals surface area (Å²) in [6, 6.07) is 1.55. The minimum absolute atomic E-state index is 0.210. The lowest BCUT2D eigenvalue weighted by Gasteiger charge is -2.18. The topological polar surface area (TPSA) is 60.7 Å². The van der Waals surface area contributed by atoms with Crippen LogP contribution in [0.5, 0.6) is 0 Å². The molecule has 0 spiro atoms. The number of aromatic carboxylic acids is 1. The van der Waals surface area contributed by atoms with Gasteiger partial charge in [0.2, 0.25) is 0 Å². The summed E-state index contributed by atoms with van der Waals surface area (Å²) in [5.41, 5.74) is 0.210. The molecule has 1 aromatic rings. The average molecular weight is 306 g/mol. The van der Waals surface area contributed by atoms with Crippen molar-refractivity contribution in [3.63, 3.8) is 0 Å². The molecule has 0 aliphatic rings. The first-order valence-corrected chi connectivity index (χ1v) is 6.19. The molecule has 0 fully saturated rings. The molecule has 0 aliphatic carbocycles. The summed E-state index contributed by atoms with van der Waals surface area (Å²) in [7, 11) is 0. The van der Waals surface area contributed by atoms with Crippen LogP contribution in [0.4, 0.5) is 0 Å². The van der Waals surface area contributed by atoms with Crippen molar-refractivity contribution in [2.75, 3.05) is 13.2 Å². The standard InChI is InChI=1S/C11H16BrNO4/c1-3-16-10(17-4-2)7-13-6-8(12)5-9(13)11(14)15/h5-6,10H,3-4,7H2,1-2H3,(H,14,15). The zero-order valence-electron chi connectivity index (χ0n) is 9.85. The van der Waals surface area contributed by atoms with Crippen molar-refractivity contribution in [3.8, 4) is 0 Å². The summed E-state index contributed by atoms with van der Waals surface area (Å²) in [5, 5.41) is 9.03. The molecule has 5 nitrogen and oxygen atoms in total. The molecule has 0 aliphatic heterocycles. The van der Waals surface area contributed by atoms with Crippen molar-refractivity contribution in [3.05, 3.63) is 22.4 Å². The number of rotatable bonds is 7. The molecule has 1 aromatic heterocycles. The van der Waals surface area contributed by atoms with E-state index in [2.05, 4.69) is 15.9 Å². The highest BCUT2D eigenvalue weighted by atomic mass is 79.9. The van der Waals surface area contributed by atoms with Crippen LogP contribution in [0.2, 0.25) is 0 Å². The molecule has 0 unspecified atom stereocenters. The number of carbonyl (C=O) groups is 1. The number of carboxylic acids is 1. The molecule has 96 valence electrons. The summed E-state index contributed by atoms with van der Waals surface area (Å²) < 4.78 is 13.1. The molecule has 0 bridgehead atoms. The monoisotopic (exact) mass is 305 g/mol. The Morgan fingerprint density at radius 2 is 2.06 bits per heavy atom. The Bertz CT molecular complexity index is 372. The van der Waals surface area contributed by atoms with Crippen molar-refractivity contribution in [2.24, 2.45) is 0 Å². The second-order valence-electron chi connectivity index (χ2n) is 3.34. The molecule has 17 heavy (non-hydrogen) atoms. The second kappa shape index (κ2) is 6.78. The Morgan fingerprint density at radius 3 is 2.53 bits per heavy atom. The van der Waals surface area contributed by atoms with Gasteiger partial charge in [0.15, 0.2) is 6.29 Å². The predicted molar refractivity (Wildman–Crippen MR) is 66.1 cm³/mol. The van der Waals surface area contributed by atoms with Gasteiger partial charge in [-0.1, -0.05) is 0 Å². The van der Waals surface area contributed by atoms with E-state index in [1.165, 1.54) is 0 Å². The van der Waals surface area contributed by atoms with Crippen molar-refractivity contribution in [1.29, 1.82) is 0 Å². The third-order valence-corrected chi connectivity index (χ3v) is 2.57. The molecule has 1 heterocycles. The normalized spacial score (nSPS) is 11.1. The van der Waals surface area contributed by atoms with Gasteiger partial charge in [-0.25, -0.2) is 4.79 Å². The fourth-order valence-corrected chi connectivity index (χ4v) is 1.95. The Balaban J connectivity index is 2.80. The number of carboxylic acid groups (broad SMARTS) is 1. The molecular formula is C11H16BrNO4. The van der Waals surface area contributed by atoms with Gasteiger partial charge < -0.3 is 19.1 Å². The van der Waals surface area contributed by atoms with E-state index in [9.17, 15) is 4.79 Å². The van der Waals surface area contributed by atoms with Gasteiger partial charge in [0.25, 0.3) is 0 Å². The van der Waals surface area contributed by atoms with Crippen LogP contribution < -0.4 is 0 Å². The van der Waals surface area contributed by atoms with E-state index < -0.39 is 12.3 Å². The van der Waals surface area contributed by atoms with Crippen LogP contribution in [0.25, 0.3) is 0 Å². The highest BCUT2D eigenvalue weighted by molar-refractivity contribution is 9.10. The van der Waals surface area contributed by atoms with Crippen LogP contribution >= 0.6 is 15.9 Å². The maximum atomic E-state index is 11.0. The number of halogens is 1. The van der Waals surface area contributed by atoms with Gasteiger partial charge in [-0.2, -0.15) is 0 Å². The van der Waals surface area contributed by atoms with E-state index in [0.717, 1.165) is 4.47 Å². The highest BCUT2D eigenvalue weighted by Crippen LogP contribution is 2.16. The molecule has 0 atom stereocenters. The van der Waals surface area contributed by atoms with Crippen LogP contribution in [0, 0.1) is 0 Å². The lowest BCUT2D eigenvalue weighted by atomic mass is 10.4. The molecule has 1 N–H and O–H groups in total. The fraction of sp³-hybridized carbons (Fsp3) is 0.545. The average Bonchev–Trinajstić information content (AvgIpc) is 2.60. The zero-order chi connectivity index (χ0) is 12.8. The molecule has 0 radical (unpaired) electrons. The van der Waals surface area contributed by atoms with Gasteiger partial charge in [0.1, 0.15) is 5.69 Å². The van der Waals surface area contributed by atoms with Gasteiger partial charge in [-0.3, -0.25) is 0 Å². The molecule has 0 amide bonds. The van der Waals surface area contributed by atoms with E-state index in [-0.39, 0.29) is 5.69 Å². The van der Waals surface area contributed by atoms with E-state index in [4.69, 9.17) is 14.6 Å². The minimum atomic E-state index is -0.970. The Morgan fingerprint density at radius 1 is 1.47 bits per heavy atom. The third-order valence-electron chi connectivity index (χ3n) is 2.13. The molecule has 0 saturated carbocycles. The molecule has 0 aromatic carbocycles. The Hall–Kier alpha value is -0.850. The fourth-order valence-electron chi connectivity index (χ4n) is 1.49. The zero-order valence-corrected chi connectivity index (χ0v) is 11.4. The van der Waals surface area contributed by atoms with E-state index in [1.54, 1.807) is 16.8 Å². The van der Waals surface area contributed by atoms with Crippen molar-refractivity contribution >= 4 is 21.9 Å². The number of hydrogen-bond acceptors (Lipinski definition) is 3. The molecule has 6 heteroatoms. The van der Waals surface area contributed by atoms with Crippen LogP contribution in [0.3, 0.4) is 0 Å². The van der Waals surface area contributed by atoms with E-state index in [1.807, 2.05) is 13.8 Å². The summed E-state index contributed by atoms with van der Waals surface area (Å²) in [4.78, 5) is 11.0.